The van der Waals surface area contributed by atoms with Crippen molar-refractivity contribution in [3.63, 3.8) is 0 Å². The van der Waals surface area contributed by atoms with Gasteiger partial charge in [0, 0.05) is 6.54 Å². The summed E-state index contributed by atoms with van der Waals surface area (Å²) >= 11 is 0. The van der Waals surface area contributed by atoms with Gasteiger partial charge in [-0.15, -0.1) is 0 Å². The zero-order valence-corrected chi connectivity index (χ0v) is 32.4. The van der Waals surface area contributed by atoms with Gasteiger partial charge in [-0.05, 0) is 58.2 Å². The van der Waals surface area contributed by atoms with Gasteiger partial charge in [-0.25, -0.2) is 0 Å². The normalized spacial score (nSPS) is 22.4. The molecule has 1 aliphatic rings. The van der Waals surface area contributed by atoms with E-state index in [4.69, 9.17) is 23.7 Å². The summed E-state index contributed by atoms with van der Waals surface area (Å²) in [5.74, 6) is -0.931. The number of aliphatic hydroxyl groups excluding tert-OH is 2. The Kier molecular flexibility index (Phi) is 16.6. The highest BCUT2D eigenvalue weighted by atomic mass is 16.6. The summed E-state index contributed by atoms with van der Waals surface area (Å²) in [5, 5.41) is 30.6. The van der Waals surface area contributed by atoms with Crippen molar-refractivity contribution in [1.29, 1.82) is 0 Å². The Bertz CT molecular complexity index is 1450. The monoisotopic (exact) mass is 749 g/mol. The molecule has 3 aromatic carbocycles. The minimum absolute atomic E-state index is 0.00463. The van der Waals surface area contributed by atoms with Gasteiger partial charge in [0.1, 0.15) is 11.2 Å². The summed E-state index contributed by atoms with van der Waals surface area (Å²) in [6.45, 7) is 10.7. The first kappa shape index (κ1) is 43.0. The summed E-state index contributed by atoms with van der Waals surface area (Å²) in [6, 6.07) is 27.1. The summed E-state index contributed by atoms with van der Waals surface area (Å²) in [7, 11) is 0. The van der Waals surface area contributed by atoms with E-state index >= 15 is 0 Å². The Morgan fingerprint density at radius 2 is 0.889 bits per heavy atom. The largest absolute Gasteiger partial charge is 0.459 e. The summed E-state index contributed by atoms with van der Waals surface area (Å²) in [4.78, 5) is 26.4. The molecule has 12 heteroatoms. The molecule has 0 saturated heterocycles. The van der Waals surface area contributed by atoms with Crippen LogP contribution in [0.25, 0.3) is 0 Å². The molecule has 296 valence electrons. The molecule has 0 radical (unpaired) electrons. The number of nitrogens with one attached hydrogen (secondary N) is 3. The van der Waals surface area contributed by atoms with Crippen LogP contribution in [0.1, 0.15) is 58.2 Å². The zero-order valence-electron chi connectivity index (χ0n) is 32.4. The highest BCUT2D eigenvalue weighted by Gasteiger charge is 2.53. The average Bonchev–Trinajstić information content (AvgIpc) is 3.13. The van der Waals surface area contributed by atoms with Gasteiger partial charge in [0.05, 0.1) is 82.1 Å². The molecule has 3 unspecified atom stereocenters. The van der Waals surface area contributed by atoms with E-state index in [1.807, 2.05) is 91.0 Å². The second-order valence-electron chi connectivity index (χ2n) is 15.5. The second-order valence-corrected chi connectivity index (χ2v) is 15.5. The number of rotatable bonds is 19. The molecule has 1 fully saturated rings. The highest BCUT2D eigenvalue weighted by molar-refractivity contribution is 5.72. The first-order valence-corrected chi connectivity index (χ1v) is 18.6. The summed E-state index contributed by atoms with van der Waals surface area (Å²) in [6.07, 6.45) is -3.31. The molecule has 7 atom stereocenters. The van der Waals surface area contributed by atoms with Crippen molar-refractivity contribution in [1.82, 2.24) is 16.0 Å². The van der Waals surface area contributed by atoms with Crippen LogP contribution in [0.15, 0.2) is 91.0 Å². The number of esters is 2. The van der Waals surface area contributed by atoms with Gasteiger partial charge in [0.15, 0.2) is 0 Å². The van der Waals surface area contributed by atoms with Crippen molar-refractivity contribution in [2.45, 2.75) is 115 Å². The van der Waals surface area contributed by atoms with Crippen molar-refractivity contribution in [3.8, 4) is 0 Å². The molecule has 3 aromatic rings. The topological polar surface area (TPSA) is 157 Å². The molecule has 4 rings (SSSR count). The minimum Gasteiger partial charge on any atom is -0.459 e. The van der Waals surface area contributed by atoms with Crippen molar-refractivity contribution in [2.24, 2.45) is 0 Å². The number of aliphatic hydroxyl groups is 2. The predicted octanol–water partition coefficient (Wildman–Crippen LogP) is 3.67. The third-order valence-corrected chi connectivity index (χ3v) is 8.58. The van der Waals surface area contributed by atoms with Crippen molar-refractivity contribution in [2.75, 3.05) is 26.2 Å². The maximum Gasteiger partial charge on any atom is 0.320 e. The van der Waals surface area contributed by atoms with Gasteiger partial charge in [-0.1, -0.05) is 91.0 Å². The molecule has 12 nitrogen and oxygen atoms in total. The van der Waals surface area contributed by atoms with Gasteiger partial charge in [0.25, 0.3) is 0 Å². The Hall–Kier alpha value is -3.72. The lowest BCUT2D eigenvalue weighted by Gasteiger charge is -2.51. The number of carbonyl (C=O) groups is 2. The average molecular weight is 750 g/mol. The van der Waals surface area contributed by atoms with E-state index in [-0.39, 0.29) is 39.5 Å². The maximum absolute atomic E-state index is 13.2. The molecular weight excluding hydrogens is 690 g/mol. The van der Waals surface area contributed by atoms with Crippen LogP contribution in [-0.2, 0) is 53.1 Å². The van der Waals surface area contributed by atoms with Crippen LogP contribution in [0.2, 0.25) is 0 Å². The van der Waals surface area contributed by atoms with Crippen LogP contribution in [0.3, 0.4) is 0 Å². The van der Waals surface area contributed by atoms with Crippen LogP contribution < -0.4 is 16.0 Å². The standard InChI is InChI=1S/C42H59N3O9/c1-41(2,3)53-33(48)23-44-36-38(50-26-29-16-10-7-11-17-29)35(43-22-32(47)25-46)39(51-27-30-18-12-8-13-19-30)37(45-24-34(49)54-42(4,5)6)40(36)52-28-31-20-14-9-15-21-31/h7-21,32,35-40,43-47H,22-28H2,1-6H3/t32?,35?,36-,37+,38-,39+,40?. The Morgan fingerprint density at radius 3 is 1.19 bits per heavy atom. The fraction of sp³-hybridized carbons (Fsp3) is 0.524. The van der Waals surface area contributed by atoms with Gasteiger partial charge >= 0.3 is 11.9 Å². The van der Waals surface area contributed by atoms with Crippen LogP contribution in [0.4, 0.5) is 0 Å². The van der Waals surface area contributed by atoms with Crippen LogP contribution >= 0.6 is 0 Å². The molecule has 0 amide bonds. The first-order chi connectivity index (χ1) is 25.7. The summed E-state index contributed by atoms with van der Waals surface area (Å²) < 4.78 is 31.8. The van der Waals surface area contributed by atoms with Crippen molar-refractivity contribution >= 4 is 11.9 Å². The number of carbonyl (C=O) groups excluding carboxylic acids is 2. The number of ether oxygens (including phenoxy) is 5. The van der Waals surface area contributed by atoms with E-state index < -0.39 is 72.3 Å². The van der Waals surface area contributed by atoms with E-state index in [1.165, 1.54) is 0 Å². The van der Waals surface area contributed by atoms with E-state index in [0.29, 0.717) is 0 Å². The van der Waals surface area contributed by atoms with Gasteiger partial charge in [-0.3, -0.25) is 20.2 Å². The van der Waals surface area contributed by atoms with Crippen molar-refractivity contribution in [3.05, 3.63) is 108 Å². The fourth-order valence-electron chi connectivity index (χ4n) is 6.34. The lowest BCUT2D eigenvalue weighted by Crippen LogP contribution is -2.75. The third kappa shape index (κ3) is 14.5. The SMILES string of the molecule is CC(C)(C)OC(=O)CN[C@@H]1C(OCc2ccccc2)[C@H](NCC(=O)OC(C)(C)C)[C@H](OCc2ccccc2)C(NCC(O)CO)[C@@H]1OCc1ccccc1. The Labute approximate surface area is 319 Å². The van der Waals surface area contributed by atoms with E-state index in [1.54, 1.807) is 41.5 Å². The summed E-state index contributed by atoms with van der Waals surface area (Å²) in [5.41, 5.74) is 1.34. The third-order valence-electron chi connectivity index (χ3n) is 8.58. The molecular formula is C42H59N3O9. The molecule has 0 aliphatic heterocycles. The second kappa shape index (κ2) is 20.8. The minimum atomic E-state index is -1.08. The number of benzene rings is 3. The molecule has 0 aromatic heterocycles. The Morgan fingerprint density at radius 1 is 0.574 bits per heavy atom. The Balaban J connectivity index is 1.82. The van der Waals surface area contributed by atoms with Gasteiger partial charge in [-0.2, -0.15) is 0 Å². The first-order valence-electron chi connectivity index (χ1n) is 18.6. The fourth-order valence-corrected chi connectivity index (χ4v) is 6.34. The molecule has 0 heterocycles. The highest BCUT2D eigenvalue weighted by Crippen LogP contribution is 2.31. The smallest absolute Gasteiger partial charge is 0.320 e. The van der Waals surface area contributed by atoms with E-state index in [0.717, 1.165) is 16.7 Å². The van der Waals surface area contributed by atoms with E-state index in [9.17, 15) is 19.8 Å². The van der Waals surface area contributed by atoms with Crippen LogP contribution in [0.5, 0.6) is 0 Å². The molecule has 1 saturated carbocycles. The molecule has 1 aliphatic carbocycles. The predicted molar refractivity (Wildman–Crippen MR) is 205 cm³/mol. The zero-order chi connectivity index (χ0) is 39.1. The van der Waals surface area contributed by atoms with Gasteiger partial charge < -0.3 is 39.2 Å². The molecule has 54 heavy (non-hydrogen) atoms. The lowest BCUT2D eigenvalue weighted by molar-refractivity contribution is -0.170. The van der Waals surface area contributed by atoms with Gasteiger partial charge in [0.2, 0.25) is 0 Å². The number of hydrogen-bond acceptors (Lipinski definition) is 12. The number of hydrogen-bond donors (Lipinski definition) is 5. The van der Waals surface area contributed by atoms with Crippen LogP contribution in [0, 0.1) is 0 Å². The van der Waals surface area contributed by atoms with Crippen molar-refractivity contribution < 1.29 is 43.5 Å². The van der Waals surface area contributed by atoms with Crippen LogP contribution in [-0.4, -0.2) is 102 Å². The van der Waals surface area contributed by atoms with E-state index in [2.05, 4.69) is 16.0 Å². The molecule has 0 spiro atoms. The quantitative estimate of drug-likeness (QED) is 0.114. The maximum atomic E-state index is 13.2. The molecule has 5 N–H and O–H groups in total. The molecule has 0 bridgehead atoms. The lowest BCUT2D eigenvalue weighted by atomic mass is 9.78.